The zero-order chi connectivity index (χ0) is 23.6. The predicted octanol–water partition coefficient (Wildman–Crippen LogP) is -0.309. The average molecular weight is 435 g/mol. The van der Waals surface area contributed by atoms with Crippen LogP contribution in [-0.2, 0) is 20.8 Å². The van der Waals surface area contributed by atoms with Crippen molar-refractivity contribution in [1.82, 2.24) is 10.6 Å². The topological polar surface area (TPSA) is 197 Å². The molecule has 0 aliphatic carbocycles. The number of amides is 2. The van der Waals surface area contributed by atoms with Gasteiger partial charge in [0.1, 0.15) is 12.1 Å². The van der Waals surface area contributed by atoms with E-state index in [9.17, 15) is 24.3 Å². The van der Waals surface area contributed by atoms with Crippen molar-refractivity contribution in [1.29, 1.82) is 0 Å². The summed E-state index contributed by atoms with van der Waals surface area (Å²) in [6, 6.07) is 3.93. The summed E-state index contributed by atoms with van der Waals surface area (Å²) in [6.07, 6.45) is 0.713. The molecule has 2 amide bonds. The summed E-state index contributed by atoms with van der Waals surface area (Å²) in [6.45, 7) is 3.68. The molecule has 0 spiro atoms. The highest BCUT2D eigenvalue weighted by Crippen LogP contribution is 2.09. The minimum absolute atomic E-state index is 0.0232. The van der Waals surface area contributed by atoms with Crippen LogP contribution in [0.2, 0.25) is 0 Å². The lowest BCUT2D eigenvalue weighted by molar-refractivity contribution is -0.144. The maximum atomic E-state index is 12.5. The van der Waals surface area contributed by atoms with Gasteiger partial charge in [-0.3, -0.25) is 19.4 Å². The fourth-order valence-corrected chi connectivity index (χ4v) is 2.71. The van der Waals surface area contributed by atoms with Crippen LogP contribution >= 0.6 is 0 Å². The third kappa shape index (κ3) is 9.15. The molecule has 11 heteroatoms. The van der Waals surface area contributed by atoms with E-state index in [0.29, 0.717) is 19.4 Å². The Kier molecular flexibility index (Phi) is 9.96. The van der Waals surface area contributed by atoms with Crippen molar-refractivity contribution >= 4 is 29.7 Å². The van der Waals surface area contributed by atoms with Crippen LogP contribution in [0.25, 0.3) is 0 Å². The van der Waals surface area contributed by atoms with E-state index in [1.807, 2.05) is 0 Å². The number of aryl methyl sites for hydroxylation is 1. The number of guanidine groups is 1. The van der Waals surface area contributed by atoms with Crippen LogP contribution in [0.15, 0.2) is 29.3 Å². The molecule has 170 valence electrons. The van der Waals surface area contributed by atoms with Gasteiger partial charge in [0.2, 0.25) is 5.91 Å². The highest BCUT2D eigenvalue weighted by molar-refractivity contribution is 5.99. The Morgan fingerprint density at radius 1 is 1.03 bits per heavy atom. The van der Waals surface area contributed by atoms with Crippen LogP contribution in [0.4, 0.5) is 0 Å². The summed E-state index contributed by atoms with van der Waals surface area (Å²) in [7, 11) is 0. The molecule has 0 saturated heterocycles. The quantitative estimate of drug-likeness (QED) is 0.146. The molecule has 0 aliphatic rings. The number of carbonyl (C=O) groups excluding carboxylic acids is 2. The first-order valence-corrected chi connectivity index (χ1v) is 9.71. The van der Waals surface area contributed by atoms with Crippen molar-refractivity contribution in [2.24, 2.45) is 22.4 Å². The lowest BCUT2D eigenvalue weighted by Gasteiger charge is -2.22. The minimum Gasteiger partial charge on any atom is -0.481 e. The number of carboxylic acid groups (broad SMARTS) is 2. The molecule has 8 N–H and O–H groups in total. The first kappa shape index (κ1) is 25.4. The van der Waals surface area contributed by atoms with Gasteiger partial charge < -0.3 is 32.3 Å². The van der Waals surface area contributed by atoms with E-state index in [4.69, 9.17) is 16.6 Å². The van der Waals surface area contributed by atoms with Gasteiger partial charge >= 0.3 is 11.9 Å². The summed E-state index contributed by atoms with van der Waals surface area (Å²) in [4.78, 5) is 51.2. The molecule has 11 nitrogen and oxygen atoms in total. The standard InChI is InChI=1S/C20H29N5O6/c1-11(2)16(19(30)31)25-18(29)14(10-15(26)27)24-17(28)13-7-5-12(6-8-13)4-3-9-23-20(21)22/h5-8,11,14,16H,3-4,9-10H2,1-2H3,(H,24,28)(H,25,29)(H,26,27)(H,30,31)(H4,21,22,23)/t14-,16-/m0/s1. The highest BCUT2D eigenvalue weighted by atomic mass is 16.4. The maximum absolute atomic E-state index is 12.5. The van der Waals surface area contributed by atoms with Crippen molar-refractivity contribution in [3.63, 3.8) is 0 Å². The monoisotopic (exact) mass is 435 g/mol. The smallest absolute Gasteiger partial charge is 0.326 e. The number of rotatable bonds is 12. The van der Waals surface area contributed by atoms with Crippen molar-refractivity contribution in [2.75, 3.05) is 6.54 Å². The van der Waals surface area contributed by atoms with Gasteiger partial charge in [-0.1, -0.05) is 26.0 Å². The Morgan fingerprint density at radius 3 is 2.13 bits per heavy atom. The molecule has 31 heavy (non-hydrogen) atoms. The van der Waals surface area contributed by atoms with Crippen LogP contribution < -0.4 is 22.1 Å². The molecule has 1 rings (SSSR count). The Hall–Kier alpha value is -3.63. The van der Waals surface area contributed by atoms with E-state index < -0.39 is 48.2 Å². The number of aliphatic imine (C=N–C) groups is 1. The van der Waals surface area contributed by atoms with Crippen LogP contribution in [0.5, 0.6) is 0 Å². The van der Waals surface area contributed by atoms with Gasteiger partial charge in [-0.15, -0.1) is 0 Å². The Morgan fingerprint density at radius 2 is 1.65 bits per heavy atom. The van der Waals surface area contributed by atoms with Crippen molar-refractivity contribution in [3.05, 3.63) is 35.4 Å². The molecule has 2 atom stereocenters. The van der Waals surface area contributed by atoms with Gasteiger partial charge in [0.25, 0.3) is 5.91 Å². The van der Waals surface area contributed by atoms with E-state index in [0.717, 1.165) is 5.56 Å². The van der Waals surface area contributed by atoms with E-state index in [1.165, 1.54) is 0 Å². The zero-order valence-electron chi connectivity index (χ0n) is 17.5. The summed E-state index contributed by atoms with van der Waals surface area (Å²) < 4.78 is 0. The van der Waals surface area contributed by atoms with E-state index in [-0.39, 0.29) is 11.5 Å². The number of nitrogens with two attached hydrogens (primary N) is 2. The number of carboxylic acids is 2. The van der Waals surface area contributed by atoms with Gasteiger partial charge in [-0.05, 0) is 36.5 Å². The lowest BCUT2D eigenvalue weighted by atomic mass is 10.0. The SMILES string of the molecule is CC(C)[C@H](NC(=O)[C@H](CC(=O)O)NC(=O)c1ccc(CCCN=C(N)N)cc1)C(=O)O. The van der Waals surface area contributed by atoms with Gasteiger partial charge in [0, 0.05) is 12.1 Å². The fourth-order valence-electron chi connectivity index (χ4n) is 2.71. The Bertz CT molecular complexity index is 818. The molecule has 0 heterocycles. The second-order valence-electron chi connectivity index (χ2n) is 7.30. The molecule has 0 fully saturated rings. The van der Waals surface area contributed by atoms with Crippen LogP contribution in [0, 0.1) is 5.92 Å². The zero-order valence-corrected chi connectivity index (χ0v) is 17.5. The van der Waals surface area contributed by atoms with Crippen LogP contribution in [0.1, 0.15) is 42.6 Å². The molecule has 0 aromatic heterocycles. The summed E-state index contributed by atoms with van der Waals surface area (Å²) in [5, 5.41) is 22.9. The average Bonchev–Trinajstić information content (AvgIpc) is 2.68. The van der Waals surface area contributed by atoms with E-state index in [2.05, 4.69) is 15.6 Å². The molecular formula is C20H29N5O6. The number of benzene rings is 1. The molecule has 0 radical (unpaired) electrons. The molecular weight excluding hydrogens is 406 g/mol. The summed E-state index contributed by atoms with van der Waals surface area (Å²) in [5.74, 6) is -4.50. The molecule has 0 bridgehead atoms. The van der Waals surface area contributed by atoms with Crippen molar-refractivity contribution < 1.29 is 29.4 Å². The third-order valence-corrected chi connectivity index (χ3v) is 4.37. The van der Waals surface area contributed by atoms with Crippen LogP contribution in [-0.4, -0.2) is 58.6 Å². The number of hydrogen-bond acceptors (Lipinski definition) is 5. The van der Waals surface area contributed by atoms with Gasteiger partial charge in [0.05, 0.1) is 6.42 Å². The maximum Gasteiger partial charge on any atom is 0.326 e. The number of aliphatic carboxylic acids is 2. The van der Waals surface area contributed by atoms with E-state index in [1.54, 1.807) is 38.1 Å². The van der Waals surface area contributed by atoms with Crippen LogP contribution in [0.3, 0.4) is 0 Å². The van der Waals surface area contributed by atoms with E-state index >= 15 is 0 Å². The molecule has 0 aliphatic heterocycles. The normalized spacial score (nSPS) is 12.5. The van der Waals surface area contributed by atoms with Gasteiger partial charge in [-0.2, -0.15) is 0 Å². The first-order valence-electron chi connectivity index (χ1n) is 9.71. The fraction of sp³-hybridized carbons (Fsp3) is 0.450. The Balaban J connectivity index is 2.80. The summed E-state index contributed by atoms with van der Waals surface area (Å²) >= 11 is 0. The molecule has 0 saturated carbocycles. The largest absolute Gasteiger partial charge is 0.481 e. The van der Waals surface area contributed by atoms with Gasteiger partial charge in [0.15, 0.2) is 5.96 Å². The second-order valence-corrected chi connectivity index (χ2v) is 7.30. The predicted molar refractivity (Wildman–Crippen MR) is 113 cm³/mol. The number of nitrogens with one attached hydrogen (secondary N) is 2. The molecule has 1 aromatic carbocycles. The third-order valence-electron chi connectivity index (χ3n) is 4.37. The molecule has 0 unspecified atom stereocenters. The second kappa shape index (κ2) is 12.2. The molecule has 1 aromatic rings. The minimum atomic E-state index is -1.43. The number of hydrogen-bond donors (Lipinski definition) is 6. The summed E-state index contributed by atoms with van der Waals surface area (Å²) in [5.41, 5.74) is 11.7. The van der Waals surface area contributed by atoms with Crippen molar-refractivity contribution in [2.45, 2.75) is 45.2 Å². The highest BCUT2D eigenvalue weighted by Gasteiger charge is 2.30. The van der Waals surface area contributed by atoms with Gasteiger partial charge in [-0.25, -0.2) is 4.79 Å². The first-order chi connectivity index (χ1) is 14.5. The lowest BCUT2D eigenvalue weighted by Crippen LogP contribution is -2.53. The number of carbonyl (C=O) groups is 4. The van der Waals surface area contributed by atoms with Crippen molar-refractivity contribution in [3.8, 4) is 0 Å². The number of nitrogens with zero attached hydrogens (tertiary/aromatic N) is 1. The Labute approximate surface area is 179 Å².